The van der Waals surface area contributed by atoms with Crippen LogP contribution in [-0.2, 0) is 4.79 Å². The van der Waals surface area contributed by atoms with Gasteiger partial charge in [-0.3, -0.25) is 9.69 Å². The third-order valence-electron chi connectivity index (χ3n) is 3.30. The normalized spacial score (nSPS) is 19.5. The van der Waals surface area contributed by atoms with Crippen molar-refractivity contribution in [2.45, 2.75) is 42.8 Å². The van der Waals surface area contributed by atoms with Gasteiger partial charge >= 0.3 is 10.1 Å². The van der Waals surface area contributed by atoms with E-state index in [1.807, 2.05) is 11.8 Å². The molecule has 142 valence electrons. The van der Waals surface area contributed by atoms with Crippen molar-refractivity contribution >= 4 is 41.6 Å². The minimum Gasteiger partial charge on any atom is -0.298 e. The first-order valence-electron chi connectivity index (χ1n) is 7.28. The van der Waals surface area contributed by atoms with Gasteiger partial charge in [0.2, 0.25) is 0 Å². The predicted octanol–water partition coefficient (Wildman–Crippen LogP) is 3.97. The maximum Gasteiger partial charge on any atom is 0.456 e. The van der Waals surface area contributed by atoms with Gasteiger partial charge in [0.1, 0.15) is 5.78 Å². The van der Waals surface area contributed by atoms with Crippen LogP contribution in [0, 0.1) is 0 Å². The van der Waals surface area contributed by atoms with E-state index in [0.29, 0.717) is 26.2 Å². The minimum atomic E-state index is -4.61. The number of nitrogens with one attached hydrogen (secondary N) is 1. The number of Topliss-reactive ketones (excluding diaryl/α,β-unsaturated/α-hetero) is 1. The first kappa shape index (κ1) is 22.3. The summed E-state index contributed by atoms with van der Waals surface area (Å²) in [6, 6.07) is -0.193. The van der Waals surface area contributed by atoms with Gasteiger partial charge in [0.25, 0.3) is 0 Å². The number of nitrogens with zero attached hydrogens (tertiary/aromatic N) is 2. The summed E-state index contributed by atoms with van der Waals surface area (Å²) in [5, 5.41) is 0. The van der Waals surface area contributed by atoms with Crippen LogP contribution in [0.1, 0.15) is 26.7 Å². The molecule has 0 aliphatic carbocycles. The fourth-order valence-corrected chi connectivity index (χ4v) is 4.66. The maximum absolute atomic E-state index is 13.7. The highest BCUT2D eigenvalue weighted by Crippen LogP contribution is 2.43. The molecule has 4 nitrogen and oxygen atoms in total. The van der Waals surface area contributed by atoms with Crippen LogP contribution in [0.25, 0.3) is 0 Å². The second-order valence-electron chi connectivity index (χ2n) is 5.17. The van der Waals surface area contributed by atoms with Crippen LogP contribution in [0.15, 0.2) is 0 Å². The van der Waals surface area contributed by atoms with Crippen molar-refractivity contribution in [3.63, 3.8) is 0 Å². The lowest BCUT2D eigenvalue weighted by Gasteiger charge is -2.38. The molecule has 0 aromatic rings. The molecule has 1 heterocycles. The zero-order chi connectivity index (χ0) is 18.4. The van der Waals surface area contributed by atoms with Gasteiger partial charge in [0.05, 0.1) is 6.04 Å². The zero-order valence-corrected chi connectivity index (χ0v) is 15.7. The Morgan fingerprint density at radius 2 is 1.71 bits per heavy atom. The number of rotatable bonds is 9. The van der Waals surface area contributed by atoms with Crippen LogP contribution in [0.2, 0.25) is 0 Å². The molecule has 0 spiro atoms. The molecule has 24 heavy (non-hydrogen) atoms. The van der Waals surface area contributed by atoms with Gasteiger partial charge in [0.15, 0.2) is 0 Å². The van der Waals surface area contributed by atoms with Crippen LogP contribution < -0.4 is 4.13 Å². The summed E-state index contributed by atoms with van der Waals surface area (Å²) in [7, 11) is 0. The van der Waals surface area contributed by atoms with Gasteiger partial charge in [-0.25, -0.2) is 4.31 Å². The summed E-state index contributed by atoms with van der Waals surface area (Å²) in [5.74, 6) is 0.0622. The number of ketones is 1. The van der Waals surface area contributed by atoms with Crippen LogP contribution in [0.3, 0.4) is 0 Å². The van der Waals surface area contributed by atoms with E-state index in [4.69, 9.17) is 0 Å². The number of hydrogen-bond acceptors (Lipinski definition) is 7. The van der Waals surface area contributed by atoms with Crippen molar-refractivity contribution in [1.29, 1.82) is 0 Å². The third-order valence-corrected chi connectivity index (χ3v) is 5.74. The topological polar surface area (TPSA) is 35.6 Å². The lowest BCUT2D eigenvalue weighted by Crippen LogP contribution is -2.51. The first-order valence-corrected chi connectivity index (χ1v) is 9.69. The zero-order valence-electron chi connectivity index (χ0n) is 13.2. The molecule has 0 bridgehead atoms. The number of carbonyl (C=O) groups is 1. The molecule has 1 rings (SSSR count). The quantitative estimate of drug-likeness (QED) is 0.348. The molecule has 1 aliphatic heterocycles. The number of piperazine rings is 1. The van der Waals surface area contributed by atoms with Crippen LogP contribution in [0.5, 0.6) is 0 Å². The molecule has 1 fully saturated rings. The van der Waals surface area contributed by atoms with Gasteiger partial charge in [-0.15, -0.1) is 0 Å². The molecule has 1 aliphatic rings. The highest BCUT2D eigenvalue weighted by Gasteiger charge is 2.38. The highest BCUT2D eigenvalue weighted by atomic mass is 32.2. The van der Waals surface area contributed by atoms with Crippen molar-refractivity contribution in [1.82, 2.24) is 13.3 Å². The molecule has 1 saturated heterocycles. The number of hydrogen-bond donors (Lipinski definition) is 1. The van der Waals surface area contributed by atoms with Gasteiger partial charge in [-0.2, -0.15) is 26.1 Å². The second-order valence-corrected chi connectivity index (χ2v) is 8.69. The maximum atomic E-state index is 13.7. The molecule has 0 radical (unpaired) electrons. The van der Waals surface area contributed by atoms with Crippen molar-refractivity contribution in [2.75, 3.05) is 26.2 Å². The first-order chi connectivity index (χ1) is 11.0. The largest absolute Gasteiger partial charge is 0.456 e. The Morgan fingerprint density at radius 1 is 1.12 bits per heavy atom. The van der Waals surface area contributed by atoms with Crippen LogP contribution >= 0.6 is 35.8 Å². The molecular weight excluding hydrogens is 393 g/mol. The molecule has 0 amide bonds. The average molecular weight is 414 g/mol. The summed E-state index contributed by atoms with van der Waals surface area (Å²) in [6.07, 6.45) is 1.59. The number of carbonyl (C=O) groups excluding carboxylic acids is 1. The van der Waals surface area contributed by atoms with Crippen LogP contribution in [-0.4, -0.2) is 57.3 Å². The fraction of sp³-hybridized carbons (Fsp3) is 0.917. The van der Waals surface area contributed by atoms with Gasteiger partial charge in [-0.05, 0) is 13.3 Å². The van der Waals surface area contributed by atoms with Crippen molar-refractivity contribution in [3.05, 3.63) is 0 Å². The van der Waals surface area contributed by atoms with E-state index in [9.17, 15) is 26.7 Å². The average Bonchev–Trinajstić information content (AvgIpc) is 2.43. The van der Waals surface area contributed by atoms with E-state index in [1.165, 1.54) is 11.2 Å². The molecule has 0 aromatic heterocycles. The van der Waals surface area contributed by atoms with E-state index in [0.717, 1.165) is 12.8 Å². The van der Waals surface area contributed by atoms with Crippen molar-refractivity contribution in [2.24, 2.45) is 0 Å². The van der Waals surface area contributed by atoms with E-state index in [-0.39, 0.29) is 35.7 Å². The summed E-state index contributed by atoms with van der Waals surface area (Å²) in [4.78, 5) is 13.6. The third kappa shape index (κ3) is 8.56. The molecule has 0 aromatic carbocycles. The van der Waals surface area contributed by atoms with Gasteiger partial charge in [0, 0.05) is 62.0 Å². The van der Waals surface area contributed by atoms with Crippen molar-refractivity contribution < 1.29 is 26.7 Å². The monoisotopic (exact) mass is 413 g/mol. The minimum absolute atomic E-state index is 0.0622. The summed E-state index contributed by atoms with van der Waals surface area (Å²) in [6.45, 7) is 5.09. The molecular formula is C12H20F5N3OS3. The van der Waals surface area contributed by atoms with E-state index in [2.05, 4.69) is 0 Å². The Labute approximate surface area is 151 Å². The SMILES string of the molecule is CCCC(C(C)=O)N1CCN(SC(F)(F)SNSC(F)(F)F)CC1. The second kappa shape index (κ2) is 9.81. The summed E-state index contributed by atoms with van der Waals surface area (Å²) < 4.78 is 62.7. The number of halogens is 5. The lowest BCUT2D eigenvalue weighted by atomic mass is 10.1. The van der Waals surface area contributed by atoms with Gasteiger partial charge in [-0.1, -0.05) is 13.3 Å². The van der Waals surface area contributed by atoms with E-state index < -0.39 is 22.0 Å². The Bertz CT molecular complexity index is 406. The smallest absolute Gasteiger partial charge is 0.298 e. The molecule has 1 unspecified atom stereocenters. The molecule has 1 atom stereocenters. The molecule has 1 N–H and O–H groups in total. The highest BCUT2D eigenvalue weighted by molar-refractivity contribution is 8.21. The fourth-order valence-electron chi connectivity index (χ4n) is 2.31. The van der Waals surface area contributed by atoms with E-state index in [1.54, 1.807) is 4.13 Å². The molecule has 12 heteroatoms. The number of alkyl halides is 5. The van der Waals surface area contributed by atoms with Gasteiger partial charge < -0.3 is 0 Å². The lowest BCUT2D eigenvalue weighted by molar-refractivity contribution is -0.122. The Hall–Kier alpha value is 0.250. The summed E-state index contributed by atoms with van der Waals surface area (Å²) in [5.41, 5.74) is -4.61. The van der Waals surface area contributed by atoms with Crippen LogP contribution in [0.4, 0.5) is 22.0 Å². The van der Waals surface area contributed by atoms with E-state index >= 15 is 0 Å². The Balaban J connectivity index is 2.40. The Kier molecular flexibility index (Phi) is 9.11. The predicted molar refractivity (Wildman–Crippen MR) is 89.4 cm³/mol. The standard InChI is InChI=1S/C12H20F5N3OS3/c1-3-4-10(9(2)21)19-5-7-20(8-6-19)24-12(16,17)23-18-22-11(13,14)15/h10,18H,3-8H2,1-2H3. The Morgan fingerprint density at radius 3 is 2.17 bits per heavy atom. The van der Waals surface area contributed by atoms with Crippen molar-refractivity contribution in [3.8, 4) is 0 Å². The molecule has 0 saturated carbocycles. The summed E-state index contributed by atoms with van der Waals surface area (Å²) >= 11 is -0.760.